The number of rotatable bonds is 6. The van der Waals surface area contributed by atoms with Gasteiger partial charge in [0.05, 0.1) is 35.0 Å². The maximum atomic E-state index is 13.0. The van der Waals surface area contributed by atoms with Gasteiger partial charge in [-0.05, 0) is 36.4 Å². The number of amides is 2. The highest BCUT2D eigenvalue weighted by Crippen LogP contribution is 2.37. The second kappa shape index (κ2) is 7.71. The number of carbonyl (C=O) groups is 4. The molecule has 0 spiro atoms. The van der Waals surface area contributed by atoms with Gasteiger partial charge in [0.15, 0.2) is 5.78 Å². The molecule has 8 nitrogen and oxygen atoms in total. The Balaban J connectivity index is 2.10. The lowest BCUT2D eigenvalue weighted by molar-refractivity contribution is -0.143. The Morgan fingerprint density at radius 1 is 0.968 bits per heavy atom. The van der Waals surface area contributed by atoms with Crippen LogP contribution in [0.1, 0.15) is 57.8 Å². The second-order valence-corrected chi connectivity index (χ2v) is 7.04. The number of carbonyl (C=O) groups excluding carboxylic acids is 4. The number of aromatic nitrogens is 1. The first-order chi connectivity index (χ1) is 14.9. The van der Waals surface area contributed by atoms with Crippen molar-refractivity contribution in [2.75, 3.05) is 7.11 Å². The number of benzene rings is 2. The predicted molar refractivity (Wildman–Crippen MR) is 112 cm³/mol. The lowest BCUT2D eigenvalue weighted by Crippen LogP contribution is -2.20. The van der Waals surface area contributed by atoms with E-state index >= 15 is 0 Å². The number of ketones is 1. The van der Waals surface area contributed by atoms with Gasteiger partial charge in [-0.3, -0.25) is 19.7 Å². The van der Waals surface area contributed by atoms with Crippen LogP contribution in [-0.2, 0) is 4.79 Å². The van der Waals surface area contributed by atoms with Gasteiger partial charge in [0, 0.05) is 23.8 Å². The van der Waals surface area contributed by atoms with Crippen molar-refractivity contribution >= 4 is 34.5 Å². The van der Waals surface area contributed by atoms with Crippen molar-refractivity contribution in [3.05, 3.63) is 53.1 Å². The van der Waals surface area contributed by atoms with E-state index in [-0.39, 0.29) is 29.8 Å². The summed E-state index contributed by atoms with van der Waals surface area (Å²) < 4.78 is 6.49. The van der Waals surface area contributed by atoms with E-state index < -0.39 is 17.8 Å². The first kappa shape index (κ1) is 20.3. The first-order valence-corrected chi connectivity index (χ1v) is 9.86. The minimum atomic E-state index is -0.536. The third-order valence-corrected chi connectivity index (χ3v) is 5.23. The lowest BCUT2D eigenvalue weighted by Gasteiger charge is -2.12. The van der Waals surface area contributed by atoms with E-state index in [1.165, 1.54) is 16.9 Å². The van der Waals surface area contributed by atoms with Gasteiger partial charge in [-0.1, -0.05) is 13.8 Å². The molecule has 2 amide bonds. The Morgan fingerprint density at radius 2 is 1.61 bits per heavy atom. The first-order valence-electron chi connectivity index (χ1n) is 9.86. The van der Waals surface area contributed by atoms with Gasteiger partial charge in [-0.2, -0.15) is 4.73 Å². The number of methoxy groups -OCH3 is 1. The largest absolute Gasteiger partial charge is 0.497 e. The molecule has 3 aromatic rings. The van der Waals surface area contributed by atoms with Crippen LogP contribution in [0, 0.1) is 0 Å². The molecule has 0 unspecified atom stereocenters. The van der Waals surface area contributed by atoms with Crippen molar-refractivity contribution < 1.29 is 28.8 Å². The minimum absolute atomic E-state index is 0.114. The van der Waals surface area contributed by atoms with E-state index in [2.05, 4.69) is 5.32 Å². The van der Waals surface area contributed by atoms with Crippen LogP contribution in [0.2, 0.25) is 0 Å². The fourth-order valence-electron chi connectivity index (χ4n) is 3.65. The number of Topliss-reactive ketones (excluding diaryl/α,β-unsaturated/α-hetero) is 1. The maximum absolute atomic E-state index is 13.0. The summed E-state index contributed by atoms with van der Waals surface area (Å²) in [4.78, 5) is 55.2. The molecule has 31 heavy (non-hydrogen) atoms. The zero-order chi connectivity index (χ0) is 22.3. The van der Waals surface area contributed by atoms with Crippen LogP contribution >= 0.6 is 0 Å². The van der Waals surface area contributed by atoms with Crippen molar-refractivity contribution in [2.24, 2.45) is 0 Å². The molecule has 1 N–H and O–H groups in total. The summed E-state index contributed by atoms with van der Waals surface area (Å²) in [6, 6.07) is 9.96. The fourth-order valence-corrected chi connectivity index (χ4v) is 3.65. The van der Waals surface area contributed by atoms with Crippen molar-refractivity contribution in [1.82, 2.24) is 10.0 Å². The highest BCUT2D eigenvalue weighted by molar-refractivity contribution is 6.24. The number of fused-ring (bicyclic) bond motifs is 2. The molecule has 0 aliphatic carbocycles. The van der Waals surface area contributed by atoms with E-state index in [9.17, 15) is 19.2 Å². The molecule has 0 saturated carbocycles. The quantitative estimate of drug-likeness (QED) is 0.485. The molecule has 0 saturated heterocycles. The fraction of sp³-hybridized carbons (Fsp3) is 0.217. The van der Waals surface area contributed by atoms with Crippen LogP contribution in [0.15, 0.2) is 36.4 Å². The highest BCUT2D eigenvalue weighted by Gasteiger charge is 2.32. The molecule has 0 atom stereocenters. The average Bonchev–Trinajstić information content (AvgIpc) is 3.25. The van der Waals surface area contributed by atoms with Gasteiger partial charge in [0.25, 0.3) is 11.8 Å². The average molecular weight is 420 g/mol. The summed E-state index contributed by atoms with van der Waals surface area (Å²) in [6.45, 7) is 3.38. The van der Waals surface area contributed by atoms with Crippen LogP contribution in [0.5, 0.6) is 5.75 Å². The van der Waals surface area contributed by atoms with E-state index in [0.29, 0.717) is 33.5 Å². The number of nitrogens with zero attached hydrogens (tertiary/aromatic N) is 1. The minimum Gasteiger partial charge on any atom is -0.497 e. The maximum Gasteiger partial charge on any atom is 0.332 e. The second-order valence-electron chi connectivity index (χ2n) is 7.04. The molecular weight excluding hydrogens is 400 g/mol. The number of nitrogens with one attached hydrogen (secondary N) is 1. The Kier molecular flexibility index (Phi) is 5.06. The molecule has 158 valence electrons. The van der Waals surface area contributed by atoms with Crippen LogP contribution in [0.3, 0.4) is 0 Å². The summed E-state index contributed by atoms with van der Waals surface area (Å²) in [6.07, 6.45) is 0.314. The van der Waals surface area contributed by atoms with Gasteiger partial charge in [-0.25, -0.2) is 4.79 Å². The zero-order valence-electron chi connectivity index (χ0n) is 17.3. The Hall–Kier alpha value is -3.94. The summed E-state index contributed by atoms with van der Waals surface area (Å²) in [5.74, 6) is -1.14. The number of hydrogen-bond donors (Lipinski definition) is 1. The Bertz CT molecular complexity index is 1250. The summed E-state index contributed by atoms with van der Waals surface area (Å²) in [5.41, 5.74) is 2.02. The molecule has 2 aromatic carbocycles. The van der Waals surface area contributed by atoms with E-state index in [1.54, 1.807) is 45.2 Å². The topological polar surface area (TPSA) is 104 Å². The Labute approximate surface area is 177 Å². The van der Waals surface area contributed by atoms with Gasteiger partial charge in [0.1, 0.15) is 5.75 Å². The highest BCUT2D eigenvalue weighted by atomic mass is 16.7. The third kappa shape index (κ3) is 3.26. The van der Waals surface area contributed by atoms with Crippen LogP contribution < -0.4 is 14.9 Å². The van der Waals surface area contributed by atoms with Crippen LogP contribution in [0.4, 0.5) is 0 Å². The van der Waals surface area contributed by atoms with Gasteiger partial charge < -0.3 is 9.57 Å². The molecule has 1 aromatic heterocycles. The Morgan fingerprint density at radius 3 is 2.19 bits per heavy atom. The summed E-state index contributed by atoms with van der Waals surface area (Å²) >= 11 is 0. The molecule has 8 heteroatoms. The SMILES string of the molecule is CCC(=O)On1c(-c2ccc(OC)cc2)c(C(=O)CC)c2cc3c(cc21)C(=O)NC3=O. The van der Waals surface area contributed by atoms with Crippen molar-refractivity contribution in [3.63, 3.8) is 0 Å². The zero-order valence-corrected chi connectivity index (χ0v) is 17.3. The monoisotopic (exact) mass is 420 g/mol. The van der Waals surface area contributed by atoms with Crippen LogP contribution in [0.25, 0.3) is 22.2 Å². The van der Waals surface area contributed by atoms with E-state index in [4.69, 9.17) is 9.57 Å². The van der Waals surface area contributed by atoms with Crippen molar-refractivity contribution in [2.45, 2.75) is 26.7 Å². The van der Waals surface area contributed by atoms with Gasteiger partial charge >= 0.3 is 5.97 Å². The standard InChI is InChI=1S/C23H20N2O6/c1-4-18(26)20-16-10-14-15(23(29)24-22(14)28)11-17(16)25(31-19(27)5-2)21(20)12-6-8-13(30-3)9-7-12/h6-11H,4-5H2,1-3H3,(H,24,28,29). The third-order valence-electron chi connectivity index (χ3n) is 5.23. The van der Waals surface area contributed by atoms with Crippen molar-refractivity contribution in [1.29, 1.82) is 0 Å². The lowest BCUT2D eigenvalue weighted by atomic mass is 9.98. The van der Waals surface area contributed by atoms with Crippen molar-refractivity contribution in [3.8, 4) is 17.0 Å². The smallest absolute Gasteiger partial charge is 0.332 e. The molecule has 4 rings (SSSR count). The molecular formula is C23H20N2O6. The van der Waals surface area contributed by atoms with E-state index in [0.717, 1.165) is 0 Å². The van der Waals surface area contributed by atoms with Crippen LogP contribution in [-0.4, -0.2) is 35.4 Å². The molecule has 2 heterocycles. The number of hydrogen-bond acceptors (Lipinski definition) is 6. The number of ether oxygens (including phenoxy) is 1. The molecule has 0 bridgehead atoms. The normalized spacial score (nSPS) is 12.6. The number of imide groups is 1. The molecule has 0 fully saturated rings. The molecule has 1 aliphatic rings. The van der Waals surface area contributed by atoms with Gasteiger partial charge in [-0.15, -0.1) is 0 Å². The summed E-state index contributed by atoms with van der Waals surface area (Å²) in [7, 11) is 1.55. The van der Waals surface area contributed by atoms with E-state index in [1.807, 2.05) is 0 Å². The van der Waals surface area contributed by atoms with Gasteiger partial charge in [0.2, 0.25) is 0 Å². The predicted octanol–water partition coefficient (Wildman–Crippen LogP) is 3.16. The molecule has 1 aliphatic heterocycles. The molecule has 0 radical (unpaired) electrons. The summed E-state index contributed by atoms with van der Waals surface area (Å²) in [5, 5.41) is 2.68.